The van der Waals surface area contributed by atoms with Crippen LogP contribution in [0.3, 0.4) is 0 Å². The minimum atomic E-state index is -0.213. The van der Waals surface area contributed by atoms with Gasteiger partial charge in [0.15, 0.2) is 0 Å². The minimum Gasteiger partial charge on any atom is -0.379 e. The average molecular weight is 424 g/mol. The molecule has 0 amide bonds. The summed E-state index contributed by atoms with van der Waals surface area (Å²) in [5.41, 5.74) is 10.2. The van der Waals surface area contributed by atoms with Crippen molar-refractivity contribution < 1.29 is 4.39 Å². The zero-order valence-corrected chi connectivity index (χ0v) is 18.6. The normalized spacial score (nSPS) is 10.8. The summed E-state index contributed by atoms with van der Waals surface area (Å²) >= 11 is 0. The lowest BCUT2D eigenvalue weighted by molar-refractivity contribution is 0.627. The molecule has 4 rings (SSSR count). The topological polar surface area (TPSA) is 29.9 Å². The summed E-state index contributed by atoms with van der Waals surface area (Å²) in [5, 5.41) is 3.62. The number of pyridine rings is 1. The molecule has 0 saturated heterocycles. The third kappa shape index (κ3) is 4.05. The molecule has 0 bridgehead atoms. The second-order valence-corrected chi connectivity index (χ2v) is 7.66. The Balaban J connectivity index is 0.00000256. The monoisotopic (exact) mass is 423 g/mol. The molecule has 0 aliphatic rings. The Labute approximate surface area is 183 Å². The van der Waals surface area contributed by atoms with Crippen molar-refractivity contribution in [2.24, 2.45) is 0 Å². The van der Waals surface area contributed by atoms with Crippen molar-refractivity contribution in [3.8, 4) is 0 Å². The number of nitrogens with one attached hydrogen (secondary N) is 1. The lowest BCUT2D eigenvalue weighted by atomic mass is 10.1. The van der Waals surface area contributed by atoms with Gasteiger partial charge in [-0.3, -0.25) is 4.98 Å². The molecule has 3 nitrogen and oxygen atoms in total. The third-order valence-corrected chi connectivity index (χ3v) is 5.80. The van der Waals surface area contributed by atoms with E-state index in [4.69, 9.17) is 4.98 Å². The third-order valence-electron chi connectivity index (χ3n) is 5.80. The highest BCUT2D eigenvalue weighted by Gasteiger charge is 2.19. The Hall–Kier alpha value is -2.85. The van der Waals surface area contributed by atoms with Crippen LogP contribution >= 0.6 is 12.4 Å². The molecule has 2 aromatic heterocycles. The maximum absolute atomic E-state index is 13.3. The number of halogens is 2. The van der Waals surface area contributed by atoms with E-state index >= 15 is 0 Å². The first-order valence-electron chi connectivity index (χ1n) is 9.94. The first-order valence-corrected chi connectivity index (χ1v) is 9.94. The summed E-state index contributed by atoms with van der Waals surface area (Å²) < 4.78 is 15.6. The van der Waals surface area contributed by atoms with Crippen molar-refractivity contribution in [3.05, 3.63) is 94.1 Å². The Morgan fingerprint density at radius 2 is 1.53 bits per heavy atom. The zero-order valence-electron chi connectivity index (χ0n) is 17.8. The van der Waals surface area contributed by atoms with Crippen LogP contribution in [0.25, 0.3) is 11.0 Å². The summed E-state index contributed by atoms with van der Waals surface area (Å²) in [5.74, 6) is -0.213. The van der Waals surface area contributed by atoms with Crippen LogP contribution in [0.15, 0.2) is 54.6 Å². The second kappa shape index (κ2) is 8.88. The van der Waals surface area contributed by atoms with Crippen molar-refractivity contribution >= 4 is 29.1 Å². The number of anilines is 1. The Morgan fingerprint density at radius 3 is 2.20 bits per heavy atom. The average Bonchev–Trinajstić information content (AvgIpc) is 2.95. The van der Waals surface area contributed by atoms with Crippen molar-refractivity contribution in [3.63, 3.8) is 0 Å². The fourth-order valence-corrected chi connectivity index (χ4v) is 3.82. The van der Waals surface area contributed by atoms with Gasteiger partial charge in [-0.1, -0.05) is 42.5 Å². The van der Waals surface area contributed by atoms with Crippen LogP contribution in [0.4, 0.5) is 10.1 Å². The van der Waals surface area contributed by atoms with Crippen LogP contribution < -0.4 is 5.32 Å². The molecule has 0 saturated carbocycles. The van der Waals surface area contributed by atoms with E-state index in [0.717, 1.165) is 40.1 Å². The van der Waals surface area contributed by atoms with E-state index in [-0.39, 0.29) is 18.2 Å². The Morgan fingerprint density at radius 1 is 0.867 bits per heavy atom. The van der Waals surface area contributed by atoms with Gasteiger partial charge in [0, 0.05) is 24.5 Å². The van der Waals surface area contributed by atoms with Crippen LogP contribution in [0.2, 0.25) is 0 Å². The van der Waals surface area contributed by atoms with Gasteiger partial charge in [0.1, 0.15) is 5.82 Å². The zero-order chi connectivity index (χ0) is 20.5. The van der Waals surface area contributed by atoms with Crippen LogP contribution in [0.5, 0.6) is 0 Å². The number of hydrogen-bond donors (Lipinski definition) is 1. The molecule has 5 heteroatoms. The van der Waals surface area contributed by atoms with Gasteiger partial charge in [-0.2, -0.15) is 0 Å². The number of nitrogens with zero attached hydrogens (tertiary/aromatic N) is 2. The first-order chi connectivity index (χ1) is 14.0. The number of rotatable bonds is 5. The van der Waals surface area contributed by atoms with Gasteiger partial charge >= 0.3 is 0 Å². The van der Waals surface area contributed by atoms with Crippen molar-refractivity contribution in [1.82, 2.24) is 9.55 Å². The van der Waals surface area contributed by atoms with Gasteiger partial charge in [0.25, 0.3) is 0 Å². The van der Waals surface area contributed by atoms with E-state index in [0.29, 0.717) is 6.54 Å². The van der Waals surface area contributed by atoms with Gasteiger partial charge in [0.05, 0.1) is 16.7 Å². The van der Waals surface area contributed by atoms with Crippen molar-refractivity contribution in [1.29, 1.82) is 0 Å². The van der Waals surface area contributed by atoms with Crippen LogP contribution in [-0.4, -0.2) is 9.55 Å². The smallest absolute Gasteiger partial charge is 0.123 e. The van der Waals surface area contributed by atoms with E-state index in [1.54, 1.807) is 0 Å². The molecule has 2 aromatic carbocycles. The van der Waals surface area contributed by atoms with Gasteiger partial charge in [-0.15, -0.1) is 12.4 Å². The van der Waals surface area contributed by atoms with Crippen LogP contribution in [-0.2, 0) is 13.1 Å². The number of fused-ring (bicyclic) bond motifs is 1. The summed E-state index contributed by atoms with van der Waals surface area (Å²) in [6, 6.07) is 17.1. The summed E-state index contributed by atoms with van der Waals surface area (Å²) in [4.78, 5) is 4.91. The maximum Gasteiger partial charge on any atom is 0.123 e. The molecule has 30 heavy (non-hydrogen) atoms. The van der Waals surface area contributed by atoms with Gasteiger partial charge < -0.3 is 9.88 Å². The highest BCUT2D eigenvalue weighted by Crippen LogP contribution is 2.34. The largest absolute Gasteiger partial charge is 0.379 e. The summed E-state index contributed by atoms with van der Waals surface area (Å²) in [6.07, 6.45) is 0. The van der Waals surface area contributed by atoms with Crippen LogP contribution in [0.1, 0.15) is 33.6 Å². The molecule has 0 fully saturated rings. The molecule has 0 unspecified atom stereocenters. The first kappa shape index (κ1) is 21.8. The molecular weight excluding hydrogens is 397 g/mol. The van der Waals surface area contributed by atoms with Crippen LogP contribution in [0, 0.1) is 33.5 Å². The highest BCUT2D eigenvalue weighted by molar-refractivity contribution is 5.94. The molecule has 156 valence electrons. The maximum atomic E-state index is 13.3. The number of benzene rings is 2. The fraction of sp³-hybridized carbons (Fsp3) is 0.240. The fourth-order valence-electron chi connectivity index (χ4n) is 3.82. The molecule has 2 heterocycles. The SMILES string of the molecule is Cc1nc2c(C)c(C)n(Cc3ccccc3)c2c(NCc2ccc(F)cc2)c1C.Cl. The number of aromatic nitrogens is 2. The molecule has 4 aromatic rings. The predicted octanol–water partition coefficient (Wildman–Crippen LogP) is 6.49. The Kier molecular flexibility index (Phi) is 6.47. The number of hydrogen-bond acceptors (Lipinski definition) is 2. The van der Waals surface area contributed by atoms with E-state index in [2.05, 4.69) is 61.8 Å². The number of aryl methyl sites for hydroxylation is 2. The van der Waals surface area contributed by atoms with Gasteiger partial charge in [0.2, 0.25) is 0 Å². The molecule has 0 aliphatic carbocycles. The summed E-state index contributed by atoms with van der Waals surface area (Å²) in [6.45, 7) is 9.90. The molecular formula is C25H27ClFN3. The lowest BCUT2D eigenvalue weighted by Crippen LogP contribution is -2.08. The second-order valence-electron chi connectivity index (χ2n) is 7.66. The standard InChI is InChI=1S/C25H26FN3.ClH/c1-16-18(3)28-24-17(2)19(4)29(15-21-8-6-5-7-9-21)25(24)23(16)27-14-20-10-12-22(26)13-11-20;/h5-13H,14-15H2,1-4H3,(H,27,28);1H. The Bertz CT molecular complexity index is 1170. The van der Waals surface area contributed by atoms with E-state index in [1.165, 1.54) is 29.0 Å². The van der Waals surface area contributed by atoms with Gasteiger partial charge in [-0.25, -0.2) is 4.39 Å². The van der Waals surface area contributed by atoms with E-state index in [9.17, 15) is 4.39 Å². The molecule has 1 N–H and O–H groups in total. The van der Waals surface area contributed by atoms with Crippen molar-refractivity contribution in [2.75, 3.05) is 5.32 Å². The predicted molar refractivity (Wildman–Crippen MR) is 125 cm³/mol. The quantitative estimate of drug-likeness (QED) is 0.397. The lowest BCUT2D eigenvalue weighted by Gasteiger charge is -2.17. The molecule has 0 atom stereocenters. The molecule has 0 radical (unpaired) electrons. The van der Waals surface area contributed by atoms with E-state index < -0.39 is 0 Å². The molecule has 0 aliphatic heterocycles. The minimum absolute atomic E-state index is 0. The highest BCUT2D eigenvalue weighted by atomic mass is 35.5. The van der Waals surface area contributed by atoms with E-state index in [1.807, 2.05) is 18.2 Å². The molecule has 0 spiro atoms. The van der Waals surface area contributed by atoms with Crippen molar-refractivity contribution in [2.45, 2.75) is 40.8 Å². The summed E-state index contributed by atoms with van der Waals surface area (Å²) in [7, 11) is 0. The van der Waals surface area contributed by atoms with Gasteiger partial charge in [-0.05, 0) is 62.1 Å².